The highest BCUT2D eigenvalue weighted by molar-refractivity contribution is 6.84. The van der Waals surface area contributed by atoms with E-state index in [1.54, 1.807) is 0 Å². The Kier molecular flexibility index (Phi) is 17.1. The molecular weight excluding hydrogens is 1520 g/mol. The van der Waals surface area contributed by atoms with Crippen LogP contribution in [0.25, 0.3) is 89.3 Å². The summed E-state index contributed by atoms with van der Waals surface area (Å²) in [6.07, 6.45) is 0. The van der Waals surface area contributed by atoms with Crippen molar-refractivity contribution in [1.82, 2.24) is 4.98 Å². The molecule has 590 valence electrons. The molecule has 8 aliphatic heterocycles. The zero-order valence-electron chi connectivity index (χ0n) is 69.5. The van der Waals surface area contributed by atoms with Gasteiger partial charge in [0.25, 0.3) is 0 Å². The summed E-state index contributed by atoms with van der Waals surface area (Å²) in [5, 5.41) is -0.103. The Labute approximate surface area is 730 Å². The first-order valence-electron chi connectivity index (χ1n) is 43.2. The van der Waals surface area contributed by atoms with Gasteiger partial charge in [0.05, 0.1) is 45.5 Å². The van der Waals surface area contributed by atoms with E-state index in [4.69, 9.17) is 19.0 Å². The van der Waals surface area contributed by atoms with Crippen LogP contribution in [0.5, 0.6) is 23.0 Å². The van der Waals surface area contributed by atoms with Gasteiger partial charge in [-0.1, -0.05) is 319 Å². The highest BCUT2D eigenvalue weighted by Gasteiger charge is 2.53. The Balaban J connectivity index is 0.000000105. The van der Waals surface area contributed by atoms with Crippen LogP contribution in [0.1, 0.15) is 44.4 Å². The second-order valence-corrected chi connectivity index (χ2v) is 34.4. The topological polar surface area (TPSA) is 56.8 Å². The molecule has 0 aliphatic carbocycles. The molecule has 9 nitrogen and oxygen atoms in total. The van der Waals surface area contributed by atoms with Crippen LogP contribution < -0.4 is 54.7 Å². The van der Waals surface area contributed by atoms with Gasteiger partial charge in [-0.05, 0) is 216 Å². The van der Waals surface area contributed by atoms with Crippen molar-refractivity contribution in [3.8, 4) is 112 Å². The molecule has 0 saturated heterocycles. The van der Waals surface area contributed by atoms with Gasteiger partial charge in [0, 0.05) is 67.4 Å². The van der Waals surface area contributed by atoms with Gasteiger partial charge in [-0.3, -0.25) is 0 Å². The van der Waals surface area contributed by atoms with E-state index in [0.717, 1.165) is 96.3 Å². The quantitative estimate of drug-likeness (QED) is 0.145. The average Bonchev–Trinajstić information content (AvgIpc) is 1.59. The van der Waals surface area contributed by atoms with E-state index in [-0.39, 0.29) is 31.7 Å². The SMILES string of the molecule is CC1(C)B2c3ccccc3-c3ccccc3N2c2ccc(-c3cc(-c4ccccc4)cc(-c4ccccc4)n3)cc21.CC1(C)c2ccccc2N(c2ccc(-c3ccc4c(c3)OB3c5ccccc5-c5ccccc5N34)cc2)c2ccccc21.c1ccc2c(c1)Oc1ccccc1N2c1ccc(-c2ccc3c(c2)OB2c4ccccc4-c4ccccc4N23)cc1. The molecule has 0 N–H and O–H groups in total. The first-order chi connectivity index (χ1) is 61.5. The van der Waals surface area contributed by atoms with Crippen LogP contribution in [0.4, 0.5) is 68.2 Å². The lowest BCUT2D eigenvalue weighted by Crippen LogP contribution is -2.55. The van der Waals surface area contributed by atoms with E-state index < -0.39 is 0 Å². The van der Waals surface area contributed by atoms with Crippen LogP contribution in [0.3, 0.4) is 0 Å². The maximum atomic E-state index is 6.69. The van der Waals surface area contributed by atoms with Gasteiger partial charge in [-0.15, -0.1) is 0 Å². The number of hydrogen-bond donors (Lipinski definition) is 0. The van der Waals surface area contributed by atoms with E-state index >= 15 is 0 Å². The predicted molar refractivity (Wildman–Crippen MR) is 518 cm³/mol. The van der Waals surface area contributed by atoms with Gasteiger partial charge >= 0.3 is 20.9 Å². The fraction of sp³-hybridized carbons (Fsp3) is 0.0531. The number of para-hydroxylation sites is 9. The summed E-state index contributed by atoms with van der Waals surface area (Å²) < 4.78 is 19.5. The van der Waals surface area contributed by atoms with Crippen molar-refractivity contribution in [3.63, 3.8) is 0 Å². The Morgan fingerprint density at radius 1 is 0.232 bits per heavy atom. The number of aromatic nitrogens is 1. The zero-order chi connectivity index (χ0) is 83.2. The number of rotatable bonds is 7. The second-order valence-electron chi connectivity index (χ2n) is 34.4. The van der Waals surface area contributed by atoms with Crippen molar-refractivity contribution in [2.75, 3.05) is 24.2 Å². The fourth-order valence-electron chi connectivity index (χ4n) is 20.7. The van der Waals surface area contributed by atoms with E-state index in [9.17, 15) is 0 Å². The summed E-state index contributed by atoms with van der Waals surface area (Å²) in [5.74, 6) is 3.52. The molecule has 0 unspecified atom stereocenters. The van der Waals surface area contributed by atoms with Crippen molar-refractivity contribution < 1.29 is 14.0 Å². The Morgan fingerprint density at radius 2 is 0.584 bits per heavy atom. The maximum Gasteiger partial charge on any atom is 0.524 e. The molecule has 12 heteroatoms. The minimum absolute atomic E-state index is 0.0672. The van der Waals surface area contributed by atoms with E-state index in [2.05, 4.69) is 434 Å². The van der Waals surface area contributed by atoms with Crippen molar-refractivity contribution in [2.45, 2.75) is 38.4 Å². The van der Waals surface area contributed by atoms with Crippen LogP contribution in [-0.4, -0.2) is 25.9 Å². The standard InChI is InChI=1S/C39H29BN2O.C38H29BN2.C36H23BN2O2/c1-39(2)31-13-5-9-17-35(31)41(36-18-10-6-14-32(36)39)28-22-19-26(20-23-28)27-21-24-37-38(25-27)43-40-33-15-7-3-11-29(33)30-12-4-8-16-34(30)42(37)40;1-38(2)32-23-28(35-25-29(26-13-5-3-6-14-26)24-34(40-35)27-15-7-4-8-16-27)21-22-37(32)41-36-20-12-10-18-31(36)30-17-9-11-19-33(30)39(38)41;1-3-11-29-27(9-1)28-10-2-4-12-30(28)39-33-22-19-25(23-36(33)41-37(29)39)24-17-20-26(21-18-24)38-31-13-5-7-15-34(31)40-35-16-8-6-14-32(35)38/h3-25H,1-2H3;3-25H,1-2H3;1-23H. The van der Waals surface area contributed by atoms with Crippen molar-refractivity contribution in [3.05, 3.63) is 435 Å². The number of benzene rings is 17. The fourth-order valence-corrected chi connectivity index (χ4v) is 20.7. The molecule has 17 aromatic carbocycles. The Morgan fingerprint density at radius 3 is 1.08 bits per heavy atom. The molecule has 18 aromatic rings. The minimum atomic E-state index is -0.171. The summed E-state index contributed by atoms with van der Waals surface area (Å²) in [6, 6.07) is 149. The summed E-state index contributed by atoms with van der Waals surface area (Å²) in [6.45, 7) is 9.67. The summed E-state index contributed by atoms with van der Waals surface area (Å²) in [7, 11) is -0.336. The molecule has 125 heavy (non-hydrogen) atoms. The molecule has 0 fully saturated rings. The number of anilines is 12. The van der Waals surface area contributed by atoms with Gasteiger partial charge in [-0.2, -0.15) is 0 Å². The molecule has 0 bridgehead atoms. The maximum absolute atomic E-state index is 6.69. The molecule has 0 amide bonds. The number of ether oxygens (including phenoxy) is 1. The van der Waals surface area contributed by atoms with Crippen LogP contribution in [-0.2, 0) is 10.7 Å². The third kappa shape index (κ3) is 11.9. The first kappa shape index (κ1) is 73.4. The number of fused-ring (bicyclic) bond motifs is 28. The van der Waals surface area contributed by atoms with Gasteiger partial charge < -0.3 is 38.3 Å². The summed E-state index contributed by atoms with van der Waals surface area (Å²) in [5.41, 5.74) is 40.5. The zero-order valence-corrected chi connectivity index (χ0v) is 69.5. The van der Waals surface area contributed by atoms with Crippen molar-refractivity contribution in [1.29, 1.82) is 0 Å². The van der Waals surface area contributed by atoms with E-state index in [1.807, 2.05) is 36.4 Å². The Bertz CT molecular complexity index is 7210. The summed E-state index contributed by atoms with van der Waals surface area (Å²) >= 11 is 0. The minimum Gasteiger partial charge on any atom is -0.536 e. The molecule has 9 heterocycles. The summed E-state index contributed by atoms with van der Waals surface area (Å²) in [4.78, 5) is 17.1. The smallest absolute Gasteiger partial charge is 0.524 e. The van der Waals surface area contributed by atoms with Crippen LogP contribution in [0, 0.1) is 0 Å². The highest BCUT2D eigenvalue weighted by Crippen LogP contribution is 2.58. The van der Waals surface area contributed by atoms with Gasteiger partial charge in [-0.25, -0.2) is 4.98 Å². The molecule has 0 saturated carbocycles. The molecule has 0 radical (unpaired) electrons. The second kappa shape index (κ2) is 29.1. The molecule has 0 atom stereocenters. The lowest BCUT2D eigenvalue weighted by atomic mass is 9.37. The molecule has 0 spiro atoms. The van der Waals surface area contributed by atoms with Gasteiger partial charge in [0.1, 0.15) is 11.5 Å². The predicted octanol–water partition coefficient (Wildman–Crippen LogP) is 27.1. The average molecular weight is 1600 g/mol. The highest BCUT2D eigenvalue weighted by atomic mass is 16.5. The van der Waals surface area contributed by atoms with E-state index in [0.29, 0.717) is 0 Å². The normalized spacial score (nSPS) is 14.3. The van der Waals surface area contributed by atoms with Crippen LogP contribution in [0.15, 0.2) is 419 Å². The Hall–Kier alpha value is -15.5. The first-order valence-corrected chi connectivity index (χ1v) is 43.2. The van der Waals surface area contributed by atoms with Gasteiger partial charge in [0.15, 0.2) is 11.5 Å². The lowest BCUT2D eigenvalue weighted by molar-refractivity contribution is 0.477. The third-order valence-electron chi connectivity index (χ3n) is 26.6. The molecule has 8 aliphatic rings. The number of pyridine rings is 1. The molecular formula is C113H81B3N6O3. The monoisotopic (exact) mass is 1600 g/mol. The third-order valence-corrected chi connectivity index (χ3v) is 26.6. The van der Waals surface area contributed by atoms with E-state index in [1.165, 1.54) is 117 Å². The largest absolute Gasteiger partial charge is 0.536 e. The van der Waals surface area contributed by atoms with Crippen molar-refractivity contribution in [2.24, 2.45) is 0 Å². The number of nitrogens with zero attached hydrogens (tertiary/aromatic N) is 6. The van der Waals surface area contributed by atoms with Crippen molar-refractivity contribution >= 4 is 106 Å². The van der Waals surface area contributed by atoms with Crippen LogP contribution >= 0.6 is 0 Å². The lowest BCUT2D eigenvalue weighted by Gasteiger charge is -2.42. The molecule has 1 aromatic heterocycles. The van der Waals surface area contributed by atoms with Crippen LogP contribution in [0.2, 0.25) is 0 Å². The number of hydrogen-bond acceptors (Lipinski definition) is 9. The van der Waals surface area contributed by atoms with Gasteiger partial charge in [0.2, 0.25) is 0 Å². The molecule has 26 rings (SSSR count).